The van der Waals surface area contributed by atoms with Crippen LogP contribution in [-0.2, 0) is 0 Å². The number of rotatable bonds is 4. The number of aromatic amines is 1. The van der Waals surface area contributed by atoms with Gasteiger partial charge in [0.2, 0.25) is 0 Å². The summed E-state index contributed by atoms with van der Waals surface area (Å²) in [5, 5.41) is 0.735. The fourth-order valence-corrected chi connectivity index (χ4v) is 5.01. The lowest BCUT2D eigenvalue weighted by Gasteiger charge is -2.38. The number of nitrogens with zero attached hydrogens (tertiary/aromatic N) is 5. The largest absolute Gasteiger partial charge is 0.354 e. The first-order valence-corrected chi connectivity index (χ1v) is 11.4. The molecule has 0 bridgehead atoms. The van der Waals surface area contributed by atoms with Crippen LogP contribution in [0, 0.1) is 20.8 Å². The van der Waals surface area contributed by atoms with Gasteiger partial charge in [-0.2, -0.15) is 0 Å². The highest BCUT2D eigenvalue weighted by Crippen LogP contribution is 2.28. The molecule has 1 aliphatic heterocycles. The molecule has 4 heterocycles. The van der Waals surface area contributed by atoms with Gasteiger partial charge < -0.3 is 9.88 Å². The lowest BCUT2D eigenvalue weighted by atomic mass is 10.2. The first-order valence-electron chi connectivity index (χ1n) is 10.6. The average Bonchev–Trinajstić information content (AvgIpc) is 3.01. The number of aromatic nitrogens is 4. The fourth-order valence-electron chi connectivity index (χ4n) is 3.98. The summed E-state index contributed by atoms with van der Waals surface area (Å²) in [5.41, 5.74) is 2.02. The monoisotopic (exact) mass is 426 g/mol. The molecule has 1 fully saturated rings. The molecule has 7 nitrogen and oxygen atoms in total. The molecular formula is C22H30N6OS. The van der Waals surface area contributed by atoms with Crippen molar-refractivity contribution in [1.29, 1.82) is 0 Å². The quantitative estimate of drug-likeness (QED) is 0.685. The van der Waals surface area contributed by atoms with E-state index in [1.54, 1.807) is 11.3 Å². The number of thiophene rings is 1. The highest BCUT2D eigenvalue weighted by Gasteiger charge is 2.25. The molecule has 160 valence electrons. The fraction of sp³-hybridized carbons (Fsp3) is 0.545. The molecule has 0 aliphatic carbocycles. The standard InChI is InChI=1S/C22H30N6OS/c1-12(2)19-23-13(3)11-17(24-19)28-9-7-27(8-10-28)15(5)20-25-21(29)18-14(4)16(6)30-22(18)26-20/h11-12,15H,7-10H2,1-6H3,(H,25,26,29). The molecular weight excluding hydrogens is 396 g/mol. The van der Waals surface area contributed by atoms with E-state index in [2.05, 4.69) is 46.6 Å². The van der Waals surface area contributed by atoms with Crippen molar-refractivity contribution >= 4 is 27.4 Å². The van der Waals surface area contributed by atoms with Crippen LogP contribution >= 0.6 is 11.3 Å². The van der Waals surface area contributed by atoms with E-state index in [0.29, 0.717) is 5.92 Å². The second-order valence-corrected chi connectivity index (χ2v) is 9.70. The summed E-state index contributed by atoms with van der Waals surface area (Å²) >= 11 is 1.60. The zero-order chi connectivity index (χ0) is 21.6. The minimum absolute atomic E-state index is 0.0278. The molecule has 1 N–H and O–H groups in total. The van der Waals surface area contributed by atoms with Gasteiger partial charge in [0, 0.05) is 48.7 Å². The van der Waals surface area contributed by atoms with Crippen molar-refractivity contribution < 1.29 is 0 Å². The number of hydrogen-bond donors (Lipinski definition) is 1. The molecule has 1 unspecified atom stereocenters. The van der Waals surface area contributed by atoms with E-state index >= 15 is 0 Å². The van der Waals surface area contributed by atoms with Gasteiger partial charge >= 0.3 is 0 Å². The third-order valence-electron chi connectivity index (χ3n) is 6.01. The van der Waals surface area contributed by atoms with E-state index in [1.165, 1.54) is 0 Å². The van der Waals surface area contributed by atoms with Crippen LogP contribution in [-0.4, -0.2) is 51.0 Å². The van der Waals surface area contributed by atoms with Crippen LogP contribution in [0.15, 0.2) is 10.9 Å². The number of anilines is 1. The Morgan fingerprint density at radius 3 is 2.40 bits per heavy atom. The molecule has 1 saturated heterocycles. The summed E-state index contributed by atoms with van der Waals surface area (Å²) in [7, 11) is 0. The van der Waals surface area contributed by atoms with Crippen LogP contribution in [0.5, 0.6) is 0 Å². The van der Waals surface area contributed by atoms with E-state index in [-0.39, 0.29) is 11.6 Å². The van der Waals surface area contributed by atoms with Gasteiger partial charge in [0.05, 0.1) is 11.4 Å². The predicted molar refractivity (Wildman–Crippen MR) is 123 cm³/mol. The number of aryl methyl sites for hydroxylation is 3. The van der Waals surface area contributed by atoms with Gasteiger partial charge in [0.1, 0.15) is 22.3 Å². The third-order valence-corrected chi connectivity index (χ3v) is 7.11. The minimum atomic E-state index is -0.0278. The van der Waals surface area contributed by atoms with Crippen LogP contribution in [0.1, 0.15) is 60.5 Å². The zero-order valence-corrected chi connectivity index (χ0v) is 19.4. The molecule has 0 amide bonds. The van der Waals surface area contributed by atoms with Gasteiger partial charge in [0.15, 0.2) is 0 Å². The van der Waals surface area contributed by atoms with Crippen molar-refractivity contribution in [1.82, 2.24) is 24.8 Å². The average molecular weight is 427 g/mol. The zero-order valence-electron chi connectivity index (χ0n) is 18.6. The van der Waals surface area contributed by atoms with Crippen LogP contribution in [0.4, 0.5) is 5.82 Å². The Morgan fingerprint density at radius 1 is 1.03 bits per heavy atom. The molecule has 0 spiro atoms. The van der Waals surface area contributed by atoms with Gasteiger partial charge in [-0.3, -0.25) is 9.69 Å². The van der Waals surface area contributed by atoms with Crippen LogP contribution in [0.25, 0.3) is 10.2 Å². The molecule has 1 atom stereocenters. The predicted octanol–water partition coefficient (Wildman–Crippen LogP) is 3.71. The first-order chi connectivity index (χ1) is 14.2. The summed E-state index contributed by atoms with van der Waals surface area (Å²) in [6.07, 6.45) is 0. The summed E-state index contributed by atoms with van der Waals surface area (Å²) < 4.78 is 0. The molecule has 30 heavy (non-hydrogen) atoms. The normalized spacial score (nSPS) is 16.6. The van der Waals surface area contributed by atoms with E-state index in [4.69, 9.17) is 9.97 Å². The Hall–Kier alpha value is -2.32. The number of fused-ring (bicyclic) bond motifs is 1. The van der Waals surface area contributed by atoms with Gasteiger partial charge in [0.25, 0.3) is 5.56 Å². The minimum Gasteiger partial charge on any atom is -0.354 e. The van der Waals surface area contributed by atoms with E-state index in [0.717, 1.165) is 70.0 Å². The highest BCUT2D eigenvalue weighted by atomic mass is 32.1. The number of H-pyrrole nitrogens is 1. The van der Waals surface area contributed by atoms with Gasteiger partial charge in [-0.15, -0.1) is 11.3 Å². The topological polar surface area (TPSA) is 78.0 Å². The van der Waals surface area contributed by atoms with Crippen molar-refractivity contribution in [3.63, 3.8) is 0 Å². The molecule has 3 aromatic heterocycles. The van der Waals surface area contributed by atoms with Gasteiger partial charge in [-0.1, -0.05) is 13.8 Å². The van der Waals surface area contributed by atoms with Crippen LogP contribution in [0.2, 0.25) is 0 Å². The van der Waals surface area contributed by atoms with Crippen molar-refractivity contribution in [2.24, 2.45) is 0 Å². The first kappa shape index (κ1) is 20.9. The molecule has 0 aromatic carbocycles. The molecule has 4 rings (SSSR count). The smallest absolute Gasteiger partial charge is 0.259 e. The maximum absolute atomic E-state index is 12.6. The van der Waals surface area contributed by atoms with E-state index in [9.17, 15) is 4.79 Å². The molecule has 0 saturated carbocycles. The number of piperazine rings is 1. The Kier molecular flexibility index (Phi) is 5.63. The Labute approximate surface area is 181 Å². The SMILES string of the molecule is Cc1cc(N2CCN(C(C)c3nc4sc(C)c(C)c4c(=O)[nH]3)CC2)nc(C(C)C)n1. The van der Waals surface area contributed by atoms with Gasteiger partial charge in [-0.25, -0.2) is 15.0 Å². The second-order valence-electron chi connectivity index (χ2n) is 8.49. The van der Waals surface area contributed by atoms with E-state index < -0.39 is 0 Å². The molecule has 0 radical (unpaired) electrons. The molecule has 3 aromatic rings. The van der Waals surface area contributed by atoms with Crippen molar-refractivity contribution in [3.05, 3.63) is 44.2 Å². The summed E-state index contributed by atoms with van der Waals surface area (Å²) in [6, 6.07) is 2.13. The molecule has 8 heteroatoms. The number of nitrogens with one attached hydrogen (secondary N) is 1. The Morgan fingerprint density at radius 2 is 1.73 bits per heavy atom. The Bertz CT molecular complexity index is 1130. The maximum Gasteiger partial charge on any atom is 0.259 e. The van der Waals surface area contributed by atoms with Crippen LogP contribution in [0.3, 0.4) is 0 Å². The summed E-state index contributed by atoms with van der Waals surface area (Å²) in [4.78, 5) is 36.5. The van der Waals surface area contributed by atoms with Gasteiger partial charge in [-0.05, 0) is 33.3 Å². The third kappa shape index (κ3) is 3.86. The summed E-state index contributed by atoms with van der Waals surface area (Å²) in [5.74, 6) is 2.97. The highest BCUT2D eigenvalue weighted by molar-refractivity contribution is 7.18. The second kappa shape index (κ2) is 8.07. The number of hydrogen-bond acceptors (Lipinski definition) is 7. The summed E-state index contributed by atoms with van der Waals surface area (Å²) in [6.45, 7) is 16.0. The maximum atomic E-state index is 12.6. The lowest BCUT2D eigenvalue weighted by molar-refractivity contribution is 0.191. The Balaban J connectivity index is 1.51. The van der Waals surface area contributed by atoms with Crippen molar-refractivity contribution in [3.8, 4) is 0 Å². The molecule has 1 aliphatic rings. The van der Waals surface area contributed by atoms with E-state index in [1.807, 2.05) is 20.8 Å². The lowest BCUT2D eigenvalue weighted by Crippen LogP contribution is -2.48. The van der Waals surface area contributed by atoms with Crippen LogP contribution < -0.4 is 10.5 Å². The van der Waals surface area contributed by atoms with Crippen molar-refractivity contribution in [2.75, 3.05) is 31.1 Å². The van der Waals surface area contributed by atoms with Crippen molar-refractivity contribution in [2.45, 2.75) is 53.5 Å².